The summed E-state index contributed by atoms with van der Waals surface area (Å²) < 4.78 is 6.45. The molecule has 78 valence electrons. The monoisotopic (exact) mass is 266 g/mol. The van der Waals surface area contributed by atoms with Crippen molar-refractivity contribution in [2.45, 2.75) is 13.8 Å². The number of nitrogens with two attached hydrogens (primary N) is 1. The first-order chi connectivity index (χ1) is 7.06. The summed E-state index contributed by atoms with van der Waals surface area (Å²) in [5.74, 6) is 1.45. The van der Waals surface area contributed by atoms with E-state index in [-0.39, 0.29) is 0 Å². The minimum Gasteiger partial charge on any atom is -0.441 e. The van der Waals surface area contributed by atoms with E-state index in [1.807, 2.05) is 32.0 Å². The van der Waals surface area contributed by atoms with E-state index >= 15 is 0 Å². The molecule has 0 bridgehead atoms. The van der Waals surface area contributed by atoms with Crippen LogP contribution in [-0.4, -0.2) is 4.98 Å². The molecule has 0 atom stereocenters. The van der Waals surface area contributed by atoms with E-state index in [0.717, 1.165) is 21.5 Å². The number of hydrogen-bond donors (Lipinski definition) is 1. The Morgan fingerprint density at radius 2 is 2.00 bits per heavy atom. The number of halogens is 1. The van der Waals surface area contributed by atoms with Gasteiger partial charge in [0.05, 0.1) is 5.69 Å². The third-order valence-corrected chi connectivity index (χ3v) is 2.65. The highest BCUT2D eigenvalue weighted by Crippen LogP contribution is 2.26. The predicted molar refractivity (Wildman–Crippen MR) is 63.5 cm³/mol. The van der Waals surface area contributed by atoms with Crippen molar-refractivity contribution in [3.8, 4) is 11.5 Å². The molecule has 15 heavy (non-hydrogen) atoms. The number of hydrogen-bond acceptors (Lipinski definition) is 3. The van der Waals surface area contributed by atoms with E-state index in [2.05, 4.69) is 20.9 Å². The van der Waals surface area contributed by atoms with Gasteiger partial charge in [-0.05, 0) is 32.0 Å². The van der Waals surface area contributed by atoms with Crippen LogP contribution < -0.4 is 5.73 Å². The molecule has 0 saturated carbocycles. The first kappa shape index (κ1) is 10.2. The molecule has 1 heterocycles. The molecule has 2 N–H and O–H groups in total. The van der Waals surface area contributed by atoms with E-state index in [9.17, 15) is 0 Å². The van der Waals surface area contributed by atoms with Crippen molar-refractivity contribution in [3.63, 3.8) is 0 Å². The number of nitrogen functional groups attached to an aromatic ring is 1. The van der Waals surface area contributed by atoms with Crippen LogP contribution in [0, 0.1) is 13.8 Å². The maximum absolute atomic E-state index is 5.74. The van der Waals surface area contributed by atoms with E-state index < -0.39 is 0 Å². The summed E-state index contributed by atoms with van der Waals surface area (Å²) in [6.07, 6.45) is 0. The molecule has 0 amide bonds. The van der Waals surface area contributed by atoms with Crippen LogP contribution in [0.2, 0.25) is 0 Å². The quantitative estimate of drug-likeness (QED) is 0.806. The molecule has 1 aromatic heterocycles. The van der Waals surface area contributed by atoms with Gasteiger partial charge in [-0.1, -0.05) is 15.9 Å². The Kier molecular flexibility index (Phi) is 2.52. The lowest BCUT2D eigenvalue weighted by atomic mass is 10.2. The van der Waals surface area contributed by atoms with Gasteiger partial charge in [-0.3, -0.25) is 0 Å². The van der Waals surface area contributed by atoms with Crippen molar-refractivity contribution in [2.24, 2.45) is 0 Å². The third-order valence-electron chi connectivity index (χ3n) is 2.20. The van der Waals surface area contributed by atoms with Crippen LogP contribution in [0.1, 0.15) is 11.5 Å². The Morgan fingerprint density at radius 1 is 1.27 bits per heavy atom. The number of aryl methyl sites for hydroxylation is 2. The van der Waals surface area contributed by atoms with Gasteiger partial charge < -0.3 is 10.2 Å². The Balaban J connectivity index is 2.53. The van der Waals surface area contributed by atoms with Crippen LogP contribution in [0.4, 0.5) is 5.69 Å². The molecule has 0 aliphatic rings. The second-order valence-electron chi connectivity index (χ2n) is 3.43. The highest BCUT2D eigenvalue weighted by molar-refractivity contribution is 9.10. The Labute approximate surface area is 96.4 Å². The van der Waals surface area contributed by atoms with E-state index in [1.54, 1.807) is 0 Å². The van der Waals surface area contributed by atoms with Crippen LogP contribution in [0.3, 0.4) is 0 Å². The Morgan fingerprint density at radius 3 is 2.53 bits per heavy atom. The number of benzene rings is 1. The predicted octanol–water partition coefficient (Wildman–Crippen LogP) is 3.30. The average Bonchev–Trinajstić information content (AvgIpc) is 2.45. The van der Waals surface area contributed by atoms with Gasteiger partial charge in [0.25, 0.3) is 0 Å². The molecule has 0 aliphatic carbocycles. The minimum absolute atomic E-state index is 0.609. The third kappa shape index (κ3) is 2.04. The number of rotatable bonds is 1. The van der Waals surface area contributed by atoms with Gasteiger partial charge in [-0.25, -0.2) is 4.98 Å². The van der Waals surface area contributed by atoms with Crippen LogP contribution >= 0.6 is 15.9 Å². The zero-order valence-corrected chi connectivity index (χ0v) is 10.1. The lowest BCUT2D eigenvalue weighted by Gasteiger charge is -1.99. The van der Waals surface area contributed by atoms with Gasteiger partial charge in [-0.2, -0.15) is 0 Å². The van der Waals surface area contributed by atoms with Gasteiger partial charge in [-0.15, -0.1) is 0 Å². The van der Waals surface area contributed by atoms with Crippen LogP contribution in [0.25, 0.3) is 11.5 Å². The molecule has 2 rings (SSSR count). The van der Waals surface area contributed by atoms with Crippen LogP contribution in [-0.2, 0) is 0 Å². The van der Waals surface area contributed by atoms with Gasteiger partial charge in [0.2, 0.25) is 5.89 Å². The maximum atomic E-state index is 5.74. The molecule has 0 spiro atoms. The van der Waals surface area contributed by atoms with Gasteiger partial charge in [0, 0.05) is 15.7 Å². The van der Waals surface area contributed by atoms with Crippen LogP contribution in [0.5, 0.6) is 0 Å². The zero-order chi connectivity index (χ0) is 11.0. The highest BCUT2D eigenvalue weighted by Gasteiger charge is 2.09. The molecule has 0 unspecified atom stereocenters. The molecule has 0 radical (unpaired) electrons. The summed E-state index contributed by atoms with van der Waals surface area (Å²) >= 11 is 3.39. The van der Waals surface area contributed by atoms with E-state index in [4.69, 9.17) is 10.2 Å². The minimum atomic E-state index is 0.609. The van der Waals surface area contributed by atoms with E-state index in [0.29, 0.717) is 11.6 Å². The molecular weight excluding hydrogens is 256 g/mol. The fourth-order valence-corrected chi connectivity index (χ4v) is 1.84. The van der Waals surface area contributed by atoms with Crippen molar-refractivity contribution >= 4 is 21.6 Å². The molecule has 0 fully saturated rings. The second-order valence-corrected chi connectivity index (χ2v) is 4.35. The Hall–Kier alpha value is -1.29. The maximum Gasteiger partial charge on any atom is 0.226 e. The molecule has 1 aromatic carbocycles. The zero-order valence-electron chi connectivity index (χ0n) is 8.54. The SMILES string of the molecule is Cc1nc(-c2cc(N)cc(Br)c2)oc1C. The van der Waals surface area contributed by atoms with Gasteiger partial charge >= 0.3 is 0 Å². The van der Waals surface area contributed by atoms with Crippen molar-refractivity contribution in [1.82, 2.24) is 4.98 Å². The molecule has 4 heteroatoms. The number of anilines is 1. The van der Waals surface area contributed by atoms with Crippen molar-refractivity contribution in [2.75, 3.05) is 5.73 Å². The van der Waals surface area contributed by atoms with Gasteiger partial charge in [0.15, 0.2) is 0 Å². The summed E-state index contributed by atoms with van der Waals surface area (Å²) in [5, 5.41) is 0. The first-order valence-electron chi connectivity index (χ1n) is 4.57. The standard InChI is InChI=1S/C11H11BrN2O/c1-6-7(2)15-11(14-6)8-3-9(12)5-10(13)4-8/h3-5H,13H2,1-2H3. The molecule has 2 aromatic rings. The van der Waals surface area contributed by atoms with Crippen molar-refractivity contribution < 1.29 is 4.42 Å². The smallest absolute Gasteiger partial charge is 0.226 e. The summed E-state index contributed by atoms with van der Waals surface area (Å²) in [7, 11) is 0. The van der Waals surface area contributed by atoms with Crippen LogP contribution in [0.15, 0.2) is 27.1 Å². The number of aromatic nitrogens is 1. The fraction of sp³-hybridized carbons (Fsp3) is 0.182. The first-order valence-corrected chi connectivity index (χ1v) is 5.36. The summed E-state index contributed by atoms with van der Waals surface area (Å²) in [6, 6.07) is 5.61. The summed E-state index contributed by atoms with van der Waals surface area (Å²) in [6.45, 7) is 3.82. The second kappa shape index (κ2) is 3.70. The molecular formula is C11H11BrN2O. The largest absolute Gasteiger partial charge is 0.441 e. The average molecular weight is 267 g/mol. The molecule has 0 aliphatic heterocycles. The highest BCUT2D eigenvalue weighted by atomic mass is 79.9. The van der Waals surface area contributed by atoms with E-state index in [1.165, 1.54) is 0 Å². The lowest BCUT2D eigenvalue weighted by Crippen LogP contribution is -1.86. The lowest BCUT2D eigenvalue weighted by molar-refractivity contribution is 0.541. The van der Waals surface area contributed by atoms with Crippen molar-refractivity contribution in [1.29, 1.82) is 0 Å². The number of oxazole rings is 1. The van der Waals surface area contributed by atoms with Gasteiger partial charge in [0.1, 0.15) is 5.76 Å². The van der Waals surface area contributed by atoms with Crippen molar-refractivity contribution in [3.05, 3.63) is 34.1 Å². The number of nitrogens with zero attached hydrogens (tertiary/aromatic N) is 1. The fourth-order valence-electron chi connectivity index (χ4n) is 1.33. The normalized spacial score (nSPS) is 10.6. The molecule has 0 saturated heterocycles. The molecule has 3 nitrogen and oxygen atoms in total. The summed E-state index contributed by atoms with van der Waals surface area (Å²) in [5.41, 5.74) is 8.22. The topological polar surface area (TPSA) is 52.0 Å². The Bertz CT molecular complexity index is 466. The summed E-state index contributed by atoms with van der Waals surface area (Å²) in [4.78, 5) is 4.32.